The predicted molar refractivity (Wildman–Crippen MR) is 58.3 cm³/mol. The third-order valence-corrected chi connectivity index (χ3v) is 3.19. The molecule has 2 atom stereocenters. The van der Waals surface area contributed by atoms with E-state index in [0.29, 0.717) is 12.0 Å². The van der Waals surface area contributed by atoms with Gasteiger partial charge in [-0.05, 0) is 30.5 Å². The summed E-state index contributed by atoms with van der Waals surface area (Å²) in [4.78, 5) is 11.6. The molecule has 3 heteroatoms. The predicted octanol–water partition coefficient (Wildman–Crippen LogP) is 2.62. The number of aliphatic hydroxyl groups excluding tert-OH is 1. The van der Waals surface area contributed by atoms with Gasteiger partial charge in [0, 0.05) is 12.3 Å². The zero-order chi connectivity index (χ0) is 11.5. The molecule has 16 heavy (non-hydrogen) atoms. The molecule has 1 aromatic carbocycles. The van der Waals surface area contributed by atoms with E-state index < -0.39 is 6.10 Å². The van der Waals surface area contributed by atoms with Crippen LogP contribution in [0.3, 0.4) is 0 Å². The molecule has 0 amide bonds. The van der Waals surface area contributed by atoms with E-state index in [1.165, 1.54) is 12.1 Å². The maximum Gasteiger partial charge on any atom is 0.138 e. The second-order valence-corrected chi connectivity index (χ2v) is 4.31. The summed E-state index contributed by atoms with van der Waals surface area (Å²) in [5.74, 6) is -0.506. The van der Waals surface area contributed by atoms with Gasteiger partial charge in [-0.2, -0.15) is 0 Å². The zero-order valence-corrected chi connectivity index (χ0v) is 9.03. The minimum atomic E-state index is -0.784. The van der Waals surface area contributed by atoms with Gasteiger partial charge < -0.3 is 5.11 Å². The minimum absolute atomic E-state index is 0.128. The molecule has 0 saturated heterocycles. The first-order valence-electron chi connectivity index (χ1n) is 5.65. The number of rotatable bonds is 2. The Bertz CT molecular complexity index is 372. The Morgan fingerprint density at radius 3 is 2.56 bits per heavy atom. The standard InChI is InChI=1S/C13H15FO2/c14-10-7-5-9(6-8-10)13(16)11-3-1-2-4-12(11)15/h5-8,11,13,16H,1-4H2. The summed E-state index contributed by atoms with van der Waals surface area (Å²) in [5, 5.41) is 10.1. The quantitative estimate of drug-likeness (QED) is 0.835. The van der Waals surface area contributed by atoms with Crippen molar-refractivity contribution >= 4 is 5.78 Å². The first-order chi connectivity index (χ1) is 7.68. The number of hydrogen-bond donors (Lipinski definition) is 1. The number of benzene rings is 1. The van der Waals surface area contributed by atoms with Gasteiger partial charge >= 0.3 is 0 Å². The smallest absolute Gasteiger partial charge is 0.138 e. The maximum absolute atomic E-state index is 12.7. The Balaban J connectivity index is 2.14. The second-order valence-electron chi connectivity index (χ2n) is 4.31. The van der Waals surface area contributed by atoms with Crippen LogP contribution in [0.4, 0.5) is 4.39 Å². The molecule has 2 rings (SSSR count). The molecule has 1 aromatic rings. The van der Waals surface area contributed by atoms with Crippen LogP contribution in [0.2, 0.25) is 0 Å². The van der Waals surface area contributed by atoms with Gasteiger partial charge in [-0.15, -0.1) is 0 Å². The van der Waals surface area contributed by atoms with E-state index in [2.05, 4.69) is 0 Å². The van der Waals surface area contributed by atoms with Crippen LogP contribution in [0, 0.1) is 11.7 Å². The van der Waals surface area contributed by atoms with Crippen LogP contribution in [-0.4, -0.2) is 10.9 Å². The van der Waals surface area contributed by atoms with Gasteiger partial charge in [0.05, 0.1) is 6.10 Å². The fourth-order valence-electron chi connectivity index (χ4n) is 2.24. The van der Waals surface area contributed by atoms with Gasteiger partial charge in [0.25, 0.3) is 0 Å². The number of halogens is 1. The van der Waals surface area contributed by atoms with E-state index in [4.69, 9.17) is 0 Å². The van der Waals surface area contributed by atoms with Crippen LogP contribution in [0.15, 0.2) is 24.3 Å². The van der Waals surface area contributed by atoms with E-state index in [1.807, 2.05) is 0 Å². The second kappa shape index (κ2) is 4.74. The summed E-state index contributed by atoms with van der Waals surface area (Å²) in [7, 11) is 0. The lowest BCUT2D eigenvalue weighted by molar-refractivity contribution is -0.128. The van der Waals surface area contributed by atoms with Crippen LogP contribution in [0.1, 0.15) is 37.4 Å². The fourth-order valence-corrected chi connectivity index (χ4v) is 2.24. The Kier molecular flexibility index (Phi) is 3.34. The van der Waals surface area contributed by atoms with Gasteiger partial charge in [0.2, 0.25) is 0 Å². The van der Waals surface area contributed by atoms with Crippen LogP contribution in [0.5, 0.6) is 0 Å². The summed E-state index contributed by atoms with van der Waals surface area (Å²) < 4.78 is 12.7. The first kappa shape index (κ1) is 11.3. The van der Waals surface area contributed by atoms with Crippen molar-refractivity contribution in [3.05, 3.63) is 35.6 Å². The number of ketones is 1. The van der Waals surface area contributed by atoms with Crippen molar-refractivity contribution in [2.24, 2.45) is 5.92 Å². The fraction of sp³-hybridized carbons (Fsp3) is 0.462. The Hall–Kier alpha value is -1.22. The van der Waals surface area contributed by atoms with Gasteiger partial charge in [0.1, 0.15) is 11.6 Å². The molecule has 1 N–H and O–H groups in total. The Labute approximate surface area is 94.1 Å². The number of hydrogen-bond acceptors (Lipinski definition) is 2. The highest BCUT2D eigenvalue weighted by Gasteiger charge is 2.29. The number of carbonyl (C=O) groups is 1. The summed E-state index contributed by atoms with van der Waals surface area (Å²) in [6.07, 6.45) is 2.41. The average Bonchev–Trinajstić information content (AvgIpc) is 2.30. The number of carbonyl (C=O) groups excluding carboxylic acids is 1. The van der Waals surface area contributed by atoms with E-state index in [0.717, 1.165) is 19.3 Å². The summed E-state index contributed by atoms with van der Waals surface area (Å²) in [5.41, 5.74) is 0.627. The van der Waals surface area contributed by atoms with Crippen LogP contribution in [0.25, 0.3) is 0 Å². The normalized spacial score (nSPS) is 23.1. The molecular weight excluding hydrogens is 207 g/mol. The molecule has 2 nitrogen and oxygen atoms in total. The SMILES string of the molecule is O=C1CCCCC1C(O)c1ccc(F)cc1. The molecule has 0 radical (unpaired) electrons. The molecule has 0 aliphatic heterocycles. The average molecular weight is 222 g/mol. The highest BCUT2D eigenvalue weighted by molar-refractivity contribution is 5.82. The highest BCUT2D eigenvalue weighted by Crippen LogP contribution is 2.31. The largest absolute Gasteiger partial charge is 0.388 e. The number of aliphatic hydroxyl groups is 1. The molecule has 0 heterocycles. The monoisotopic (exact) mass is 222 g/mol. The first-order valence-corrected chi connectivity index (χ1v) is 5.65. The molecule has 1 aliphatic carbocycles. The van der Waals surface area contributed by atoms with Gasteiger partial charge in [-0.25, -0.2) is 4.39 Å². The molecule has 1 aliphatic rings. The Morgan fingerprint density at radius 2 is 1.94 bits per heavy atom. The third kappa shape index (κ3) is 2.30. The van der Waals surface area contributed by atoms with Gasteiger partial charge in [0.15, 0.2) is 0 Å². The lowest BCUT2D eigenvalue weighted by atomic mass is 9.82. The molecule has 0 bridgehead atoms. The molecule has 86 valence electrons. The topological polar surface area (TPSA) is 37.3 Å². The van der Waals surface area contributed by atoms with Gasteiger partial charge in [-0.3, -0.25) is 4.79 Å². The van der Waals surface area contributed by atoms with Crippen LogP contribution in [-0.2, 0) is 4.79 Å². The van der Waals surface area contributed by atoms with Crippen LogP contribution >= 0.6 is 0 Å². The molecular formula is C13H15FO2. The third-order valence-electron chi connectivity index (χ3n) is 3.19. The van der Waals surface area contributed by atoms with Crippen molar-refractivity contribution in [2.75, 3.05) is 0 Å². The van der Waals surface area contributed by atoms with Crippen LogP contribution < -0.4 is 0 Å². The maximum atomic E-state index is 12.7. The van der Waals surface area contributed by atoms with E-state index in [-0.39, 0.29) is 17.5 Å². The van der Waals surface area contributed by atoms with Crippen molar-refractivity contribution in [1.82, 2.24) is 0 Å². The molecule has 2 unspecified atom stereocenters. The minimum Gasteiger partial charge on any atom is -0.388 e. The number of Topliss-reactive ketones (excluding diaryl/α,β-unsaturated/α-hetero) is 1. The van der Waals surface area contributed by atoms with Crippen molar-refractivity contribution in [2.45, 2.75) is 31.8 Å². The zero-order valence-electron chi connectivity index (χ0n) is 9.03. The van der Waals surface area contributed by atoms with E-state index in [9.17, 15) is 14.3 Å². The molecule has 0 aromatic heterocycles. The van der Waals surface area contributed by atoms with Gasteiger partial charge in [-0.1, -0.05) is 18.6 Å². The summed E-state index contributed by atoms with van der Waals surface area (Å²) in [6.45, 7) is 0. The van der Waals surface area contributed by atoms with Crippen molar-refractivity contribution in [3.8, 4) is 0 Å². The van der Waals surface area contributed by atoms with Crippen molar-refractivity contribution < 1.29 is 14.3 Å². The Morgan fingerprint density at radius 1 is 1.25 bits per heavy atom. The molecule has 0 spiro atoms. The van der Waals surface area contributed by atoms with Crippen molar-refractivity contribution in [3.63, 3.8) is 0 Å². The van der Waals surface area contributed by atoms with Crippen molar-refractivity contribution in [1.29, 1.82) is 0 Å². The summed E-state index contributed by atoms with van der Waals surface area (Å²) >= 11 is 0. The highest BCUT2D eigenvalue weighted by atomic mass is 19.1. The van der Waals surface area contributed by atoms with E-state index in [1.54, 1.807) is 12.1 Å². The summed E-state index contributed by atoms with van der Waals surface area (Å²) in [6, 6.07) is 5.71. The lowest BCUT2D eigenvalue weighted by Crippen LogP contribution is -2.25. The molecule has 1 saturated carbocycles. The lowest BCUT2D eigenvalue weighted by Gasteiger charge is -2.25. The van der Waals surface area contributed by atoms with E-state index >= 15 is 0 Å². The molecule has 1 fully saturated rings.